The standard InChI is InChI=1S/C20H19F3N4O3/c21-20(22,23)10-4-5-12(16(29)8-10)17-11-6-7-24-9-13(11)19(27-26-17)25-14-2-1-3-15(28)18(14)30/h4-9,14-15,18,28-30H,1-3H2,(H,25,27)/t14-,15+,18+/m1/s1. The second-order valence-corrected chi connectivity index (χ2v) is 7.29. The molecule has 0 bridgehead atoms. The van der Waals surface area contributed by atoms with Crippen molar-refractivity contribution in [2.75, 3.05) is 5.32 Å². The first-order valence-corrected chi connectivity index (χ1v) is 9.39. The molecule has 4 N–H and O–H groups in total. The fourth-order valence-corrected chi connectivity index (χ4v) is 3.70. The number of aromatic nitrogens is 3. The molecule has 1 aromatic carbocycles. The minimum atomic E-state index is -4.58. The molecule has 0 unspecified atom stereocenters. The van der Waals surface area contributed by atoms with Gasteiger partial charge >= 0.3 is 6.18 Å². The van der Waals surface area contributed by atoms with Crippen molar-refractivity contribution in [1.29, 1.82) is 0 Å². The maximum absolute atomic E-state index is 12.9. The normalized spacial score (nSPS) is 22.2. The summed E-state index contributed by atoms with van der Waals surface area (Å²) in [7, 11) is 0. The molecule has 0 spiro atoms. The average Bonchev–Trinajstić information content (AvgIpc) is 2.71. The van der Waals surface area contributed by atoms with Gasteiger partial charge in [0.15, 0.2) is 5.82 Å². The van der Waals surface area contributed by atoms with Gasteiger partial charge in [0.2, 0.25) is 0 Å². The van der Waals surface area contributed by atoms with Crippen molar-refractivity contribution < 1.29 is 28.5 Å². The number of nitrogens with zero attached hydrogens (tertiary/aromatic N) is 3. The topological polar surface area (TPSA) is 111 Å². The van der Waals surface area contributed by atoms with Gasteiger partial charge in [-0.25, -0.2) is 0 Å². The number of nitrogens with one attached hydrogen (secondary N) is 1. The number of phenols is 1. The summed E-state index contributed by atoms with van der Waals surface area (Å²) in [6, 6.07) is 3.85. The lowest BCUT2D eigenvalue weighted by Gasteiger charge is -2.32. The summed E-state index contributed by atoms with van der Waals surface area (Å²) < 4.78 is 38.7. The molecule has 10 heteroatoms. The van der Waals surface area contributed by atoms with E-state index >= 15 is 0 Å². The molecule has 30 heavy (non-hydrogen) atoms. The van der Waals surface area contributed by atoms with Crippen LogP contribution in [0.1, 0.15) is 24.8 Å². The third-order valence-electron chi connectivity index (χ3n) is 5.31. The number of pyridine rings is 1. The molecule has 3 atom stereocenters. The zero-order valence-electron chi connectivity index (χ0n) is 15.6. The lowest BCUT2D eigenvalue weighted by atomic mass is 9.90. The van der Waals surface area contributed by atoms with E-state index in [1.54, 1.807) is 6.07 Å². The van der Waals surface area contributed by atoms with Gasteiger partial charge in [-0.3, -0.25) is 4.98 Å². The summed E-state index contributed by atoms with van der Waals surface area (Å²) in [5.74, 6) is -0.241. The molecule has 158 valence electrons. The molecular formula is C20H19F3N4O3. The van der Waals surface area contributed by atoms with Crippen LogP contribution in [0.25, 0.3) is 22.0 Å². The van der Waals surface area contributed by atoms with Crippen LogP contribution >= 0.6 is 0 Å². The predicted molar refractivity (Wildman–Crippen MR) is 103 cm³/mol. The van der Waals surface area contributed by atoms with E-state index in [-0.39, 0.29) is 11.3 Å². The van der Waals surface area contributed by atoms with Crippen LogP contribution in [0.5, 0.6) is 5.75 Å². The number of phenolic OH excluding ortho intramolecular Hbond substituents is 1. The maximum atomic E-state index is 12.9. The summed E-state index contributed by atoms with van der Waals surface area (Å²) in [4.78, 5) is 4.07. The van der Waals surface area contributed by atoms with Crippen molar-refractivity contribution in [2.45, 2.75) is 43.7 Å². The molecule has 0 saturated heterocycles. The smallest absolute Gasteiger partial charge is 0.416 e. The Labute approximate surface area is 169 Å². The quantitative estimate of drug-likeness (QED) is 0.515. The summed E-state index contributed by atoms with van der Waals surface area (Å²) in [5.41, 5.74) is -0.661. The molecule has 2 aromatic heterocycles. The van der Waals surface area contributed by atoms with E-state index in [0.717, 1.165) is 18.6 Å². The van der Waals surface area contributed by atoms with Crippen LogP contribution in [0, 0.1) is 0 Å². The second-order valence-electron chi connectivity index (χ2n) is 7.29. The highest BCUT2D eigenvalue weighted by Gasteiger charge is 2.32. The highest BCUT2D eigenvalue weighted by atomic mass is 19.4. The van der Waals surface area contributed by atoms with Gasteiger partial charge in [-0.05, 0) is 43.5 Å². The molecule has 3 aromatic rings. The Morgan fingerprint density at radius 1 is 1.03 bits per heavy atom. The number of halogens is 3. The number of hydrogen-bond donors (Lipinski definition) is 4. The van der Waals surface area contributed by atoms with Gasteiger partial charge < -0.3 is 20.6 Å². The van der Waals surface area contributed by atoms with Gasteiger partial charge in [0.05, 0.1) is 23.8 Å². The Kier molecular flexibility index (Phi) is 5.20. The van der Waals surface area contributed by atoms with Gasteiger partial charge in [-0.1, -0.05) is 0 Å². The van der Waals surface area contributed by atoms with Gasteiger partial charge in [-0.2, -0.15) is 13.2 Å². The molecule has 1 aliphatic rings. The SMILES string of the molecule is Oc1cc(C(F)(F)F)ccc1-c1nnc(N[C@@H]2CCC[C@H](O)[C@H]2O)c2cnccc12. The number of hydrogen-bond acceptors (Lipinski definition) is 7. The summed E-state index contributed by atoms with van der Waals surface area (Å²) in [6.45, 7) is 0. The molecule has 1 fully saturated rings. The molecule has 1 aliphatic carbocycles. The summed E-state index contributed by atoms with van der Waals surface area (Å²) in [6.07, 6.45) is -1.49. The fourth-order valence-electron chi connectivity index (χ4n) is 3.70. The van der Waals surface area contributed by atoms with Gasteiger partial charge in [0.1, 0.15) is 11.4 Å². The van der Waals surface area contributed by atoms with E-state index in [4.69, 9.17) is 0 Å². The number of fused-ring (bicyclic) bond motifs is 1. The summed E-state index contributed by atoms with van der Waals surface area (Å²) >= 11 is 0. The van der Waals surface area contributed by atoms with E-state index in [0.29, 0.717) is 35.5 Å². The van der Waals surface area contributed by atoms with Crippen molar-refractivity contribution >= 4 is 16.6 Å². The Morgan fingerprint density at radius 3 is 2.57 bits per heavy atom. The second kappa shape index (κ2) is 7.69. The van der Waals surface area contributed by atoms with E-state index in [2.05, 4.69) is 20.5 Å². The van der Waals surface area contributed by atoms with E-state index < -0.39 is 35.7 Å². The number of alkyl halides is 3. The van der Waals surface area contributed by atoms with Crippen LogP contribution in [0.4, 0.5) is 19.0 Å². The highest BCUT2D eigenvalue weighted by molar-refractivity contribution is 6.00. The first-order valence-electron chi connectivity index (χ1n) is 9.39. The Morgan fingerprint density at radius 2 is 1.83 bits per heavy atom. The zero-order valence-corrected chi connectivity index (χ0v) is 15.6. The number of aromatic hydroxyl groups is 1. The molecule has 1 saturated carbocycles. The first kappa shape index (κ1) is 20.3. The molecule has 4 rings (SSSR count). The van der Waals surface area contributed by atoms with Crippen LogP contribution in [0.3, 0.4) is 0 Å². The largest absolute Gasteiger partial charge is 0.507 e. The number of aliphatic hydroxyl groups excluding tert-OH is 2. The average molecular weight is 420 g/mol. The Hall–Kier alpha value is -2.98. The predicted octanol–water partition coefficient (Wildman–Crippen LogP) is 3.10. The number of benzene rings is 1. The molecule has 0 aliphatic heterocycles. The Balaban J connectivity index is 1.75. The lowest BCUT2D eigenvalue weighted by Crippen LogP contribution is -2.45. The maximum Gasteiger partial charge on any atom is 0.416 e. The van der Waals surface area contributed by atoms with E-state index in [9.17, 15) is 28.5 Å². The fraction of sp³-hybridized carbons (Fsp3) is 0.350. The third-order valence-corrected chi connectivity index (χ3v) is 5.31. The van der Waals surface area contributed by atoms with Crippen LogP contribution < -0.4 is 5.32 Å². The van der Waals surface area contributed by atoms with Gasteiger partial charge in [0.25, 0.3) is 0 Å². The monoisotopic (exact) mass is 420 g/mol. The van der Waals surface area contributed by atoms with Crippen LogP contribution in [0.15, 0.2) is 36.7 Å². The molecule has 0 amide bonds. The first-order chi connectivity index (χ1) is 14.3. The van der Waals surface area contributed by atoms with Crippen molar-refractivity contribution in [3.8, 4) is 17.0 Å². The molecule has 2 heterocycles. The van der Waals surface area contributed by atoms with Gasteiger partial charge in [-0.15, -0.1) is 10.2 Å². The highest BCUT2D eigenvalue weighted by Crippen LogP contribution is 2.38. The van der Waals surface area contributed by atoms with Crippen LogP contribution in [-0.2, 0) is 6.18 Å². The summed E-state index contributed by atoms with van der Waals surface area (Å²) in [5, 5.41) is 42.7. The lowest BCUT2D eigenvalue weighted by molar-refractivity contribution is -0.137. The number of rotatable bonds is 3. The van der Waals surface area contributed by atoms with Crippen molar-refractivity contribution in [1.82, 2.24) is 15.2 Å². The number of anilines is 1. The van der Waals surface area contributed by atoms with Crippen molar-refractivity contribution in [3.63, 3.8) is 0 Å². The minimum absolute atomic E-state index is 0.103. The van der Waals surface area contributed by atoms with Crippen molar-refractivity contribution in [2.24, 2.45) is 0 Å². The van der Waals surface area contributed by atoms with E-state index in [1.807, 2.05) is 0 Å². The van der Waals surface area contributed by atoms with E-state index in [1.165, 1.54) is 12.4 Å². The van der Waals surface area contributed by atoms with Crippen LogP contribution in [-0.4, -0.2) is 48.8 Å². The molecular weight excluding hydrogens is 401 g/mol. The third kappa shape index (κ3) is 3.75. The molecule has 0 radical (unpaired) electrons. The molecule has 7 nitrogen and oxygen atoms in total. The minimum Gasteiger partial charge on any atom is -0.507 e. The Bertz CT molecular complexity index is 1080. The number of aliphatic hydroxyl groups is 2. The zero-order chi connectivity index (χ0) is 21.5. The van der Waals surface area contributed by atoms with Crippen molar-refractivity contribution in [3.05, 3.63) is 42.2 Å². The van der Waals surface area contributed by atoms with Crippen LogP contribution in [0.2, 0.25) is 0 Å². The van der Waals surface area contributed by atoms with Gasteiger partial charge in [0, 0.05) is 28.7 Å².